The molecule has 0 saturated carbocycles. The van der Waals surface area contributed by atoms with Crippen LogP contribution < -0.4 is 5.32 Å². The van der Waals surface area contributed by atoms with Crippen molar-refractivity contribution in [2.24, 2.45) is 0 Å². The second kappa shape index (κ2) is 8.16. The average Bonchev–Trinajstić information content (AvgIpc) is 3.14. The minimum atomic E-state index is -1.75. The summed E-state index contributed by atoms with van der Waals surface area (Å²) in [4.78, 5) is 22.2. The maximum atomic E-state index is 15.9. The van der Waals surface area contributed by atoms with Crippen LogP contribution in [0.4, 0.5) is 25.1 Å². The van der Waals surface area contributed by atoms with Crippen molar-refractivity contribution in [1.82, 2.24) is 14.9 Å². The molecule has 1 fully saturated rings. The van der Waals surface area contributed by atoms with Crippen LogP contribution in [0.1, 0.15) is 32.8 Å². The Labute approximate surface area is 189 Å². The molecular weight excluding hydrogens is 438 g/mol. The number of anilines is 2. The Morgan fingerprint density at radius 3 is 2.78 bits per heavy atom. The van der Waals surface area contributed by atoms with Crippen molar-refractivity contribution < 1.29 is 18.3 Å². The first-order valence-corrected chi connectivity index (χ1v) is 10.6. The molecule has 2 aromatic carbocycles. The van der Waals surface area contributed by atoms with Crippen LogP contribution in [-0.4, -0.2) is 39.7 Å². The monoisotopic (exact) mass is 460 g/mol. The Hall–Kier alpha value is -3.00. The standard InChI is InChI=1S/C23H23ClF2N4O2/c1-22(2,3)32-21(31)30-10-9-23(26,12-30)14-7-8-17-15(11-14)20(28-13-27-17)29-18-6-4-5-16(24)19(18)25/h4-8,11,13H,9-10,12H2,1-3H3,(H,27,28,29)/t23-/m1/s1. The van der Waals surface area contributed by atoms with Gasteiger partial charge in [-0.2, -0.15) is 0 Å². The first-order valence-electron chi connectivity index (χ1n) is 10.2. The summed E-state index contributed by atoms with van der Waals surface area (Å²) >= 11 is 5.87. The van der Waals surface area contributed by atoms with E-state index in [1.165, 1.54) is 23.4 Å². The van der Waals surface area contributed by atoms with Gasteiger partial charge in [-0.25, -0.2) is 23.5 Å². The third kappa shape index (κ3) is 4.46. The van der Waals surface area contributed by atoms with Crippen LogP contribution in [0.3, 0.4) is 0 Å². The normalized spacial score (nSPS) is 18.8. The summed E-state index contributed by atoms with van der Waals surface area (Å²) in [6, 6.07) is 9.57. The van der Waals surface area contributed by atoms with Crippen molar-refractivity contribution in [1.29, 1.82) is 0 Å². The van der Waals surface area contributed by atoms with Crippen LogP contribution in [0.15, 0.2) is 42.7 Å². The molecule has 1 aliphatic rings. The maximum absolute atomic E-state index is 15.9. The van der Waals surface area contributed by atoms with Crippen LogP contribution in [-0.2, 0) is 10.4 Å². The molecule has 3 aromatic rings. The van der Waals surface area contributed by atoms with Gasteiger partial charge in [0.25, 0.3) is 0 Å². The van der Waals surface area contributed by atoms with E-state index in [0.717, 1.165) is 0 Å². The second-order valence-electron chi connectivity index (χ2n) is 8.80. The molecule has 0 radical (unpaired) electrons. The quantitative estimate of drug-likeness (QED) is 0.521. The van der Waals surface area contributed by atoms with Crippen molar-refractivity contribution in [2.45, 2.75) is 38.5 Å². The van der Waals surface area contributed by atoms with Gasteiger partial charge in [0.1, 0.15) is 17.7 Å². The van der Waals surface area contributed by atoms with Crippen LogP contribution in [0.25, 0.3) is 10.9 Å². The number of carbonyl (C=O) groups excluding carboxylic acids is 1. The van der Waals surface area contributed by atoms with Crippen molar-refractivity contribution in [3.63, 3.8) is 0 Å². The molecular formula is C23H23ClF2N4O2. The molecule has 1 saturated heterocycles. The van der Waals surface area contributed by atoms with Crippen LogP contribution >= 0.6 is 11.6 Å². The van der Waals surface area contributed by atoms with Crippen molar-refractivity contribution >= 4 is 40.1 Å². The zero-order chi connectivity index (χ0) is 23.1. The van der Waals surface area contributed by atoms with Gasteiger partial charge < -0.3 is 15.0 Å². The van der Waals surface area contributed by atoms with E-state index >= 15 is 4.39 Å². The molecule has 0 spiro atoms. The number of hydrogen-bond donors (Lipinski definition) is 1. The number of alkyl halides is 1. The van der Waals surface area contributed by atoms with Gasteiger partial charge in [0.05, 0.1) is 22.8 Å². The van der Waals surface area contributed by atoms with Gasteiger partial charge in [-0.3, -0.25) is 0 Å². The first-order chi connectivity index (χ1) is 15.1. The van der Waals surface area contributed by atoms with Gasteiger partial charge in [0.15, 0.2) is 11.5 Å². The summed E-state index contributed by atoms with van der Waals surface area (Å²) in [6.07, 6.45) is 0.939. The van der Waals surface area contributed by atoms with Gasteiger partial charge in [0.2, 0.25) is 0 Å². The Balaban J connectivity index is 1.64. The Kier molecular flexibility index (Phi) is 5.67. The summed E-state index contributed by atoms with van der Waals surface area (Å²) in [5.41, 5.74) is -1.30. The highest BCUT2D eigenvalue weighted by atomic mass is 35.5. The van der Waals surface area contributed by atoms with E-state index in [-0.39, 0.29) is 30.2 Å². The number of ether oxygens (including phenoxy) is 1. The number of hydrogen-bond acceptors (Lipinski definition) is 5. The molecule has 1 aliphatic heterocycles. The van der Waals surface area contributed by atoms with E-state index in [0.29, 0.717) is 22.3 Å². The fourth-order valence-electron chi connectivity index (χ4n) is 3.65. The highest BCUT2D eigenvalue weighted by Crippen LogP contribution is 2.39. The summed E-state index contributed by atoms with van der Waals surface area (Å²) < 4.78 is 35.6. The number of rotatable bonds is 3. The molecule has 6 nitrogen and oxygen atoms in total. The van der Waals surface area contributed by atoms with Gasteiger partial charge in [-0.15, -0.1) is 0 Å². The molecule has 1 atom stereocenters. The minimum Gasteiger partial charge on any atom is -0.444 e. The van der Waals surface area contributed by atoms with E-state index in [9.17, 15) is 9.18 Å². The molecule has 0 aliphatic carbocycles. The molecule has 9 heteroatoms. The Morgan fingerprint density at radius 1 is 1.25 bits per heavy atom. The number of aromatic nitrogens is 2. The Morgan fingerprint density at radius 2 is 2.03 bits per heavy atom. The summed E-state index contributed by atoms with van der Waals surface area (Å²) in [5, 5.41) is 3.42. The molecule has 0 bridgehead atoms. The third-order valence-electron chi connectivity index (χ3n) is 5.23. The number of benzene rings is 2. The van der Waals surface area contributed by atoms with E-state index < -0.39 is 23.2 Å². The third-order valence-corrected chi connectivity index (χ3v) is 5.52. The molecule has 4 rings (SSSR count). The predicted octanol–water partition coefficient (Wildman–Crippen LogP) is 5.97. The van der Waals surface area contributed by atoms with Crippen LogP contribution in [0.5, 0.6) is 0 Å². The van der Waals surface area contributed by atoms with E-state index in [1.54, 1.807) is 45.0 Å². The van der Waals surface area contributed by atoms with Gasteiger partial charge in [-0.1, -0.05) is 23.7 Å². The highest BCUT2D eigenvalue weighted by molar-refractivity contribution is 6.31. The lowest BCUT2D eigenvalue weighted by molar-refractivity contribution is 0.0257. The summed E-state index contributed by atoms with van der Waals surface area (Å²) in [6.45, 7) is 5.43. The van der Waals surface area contributed by atoms with E-state index in [2.05, 4.69) is 15.3 Å². The largest absolute Gasteiger partial charge is 0.444 e. The summed E-state index contributed by atoms with van der Waals surface area (Å²) in [5.74, 6) is -0.286. The number of halogens is 3. The minimum absolute atomic E-state index is 0.0232. The van der Waals surface area contributed by atoms with Crippen LogP contribution in [0, 0.1) is 5.82 Å². The summed E-state index contributed by atoms with van der Waals surface area (Å²) in [7, 11) is 0. The lowest BCUT2D eigenvalue weighted by atomic mass is 9.93. The number of amides is 1. The molecule has 168 valence electrons. The number of nitrogens with one attached hydrogen (secondary N) is 1. The SMILES string of the molecule is CC(C)(C)OC(=O)N1CC[C@](F)(c2ccc3ncnc(Nc4cccc(Cl)c4F)c3c2)C1. The molecule has 1 N–H and O–H groups in total. The lowest BCUT2D eigenvalue weighted by Crippen LogP contribution is -2.37. The van der Waals surface area contributed by atoms with Crippen molar-refractivity contribution in [3.8, 4) is 0 Å². The van der Waals surface area contributed by atoms with Gasteiger partial charge in [-0.05, 0) is 50.6 Å². The van der Waals surface area contributed by atoms with E-state index in [1.807, 2.05) is 0 Å². The lowest BCUT2D eigenvalue weighted by Gasteiger charge is -2.25. The maximum Gasteiger partial charge on any atom is 0.410 e. The highest BCUT2D eigenvalue weighted by Gasteiger charge is 2.43. The number of nitrogens with zero attached hydrogens (tertiary/aromatic N) is 3. The predicted molar refractivity (Wildman–Crippen MR) is 119 cm³/mol. The smallest absolute Gasteiger partial charge is 0.410 e. The number of carbonyl (C=O) groups is 1. The number of likely N-dealkylation sites (tertiary alicyclic amines) is 1. The topological polar surface area (TPSA) is 67.3 Å². The molecule has 32 heavy (non-hydrogen) atoms. The van der Waals surface area contributed by atoms with Gasteiger partial charge in [0, 0.05) is 18.4 Å². The van der Waals surface area contributed by atoms with Crippen molar-refractivity contribution in [3.05, 3.63) is 59.1 Å². The molecule has 1 amide bonds. The van der Waals surface area contributed by atoms with E-state index in [4.69, 9.17) is 16.3 Å². The van der Waals surface area contributed by atoms with Crippen molar-refractivity contribution in [2.75, 3.05) is 18.4 Å². The average molecular weight is 461 g/mol. The number of fused-ring (bicyclic) bond motifs is 1. The first kappa shape index (κ1) is 22.2. The molecule has 1 aromatic heterocycles. The fourth-order valence-corrected chi connectivity index (χ4v) is 3.83. The molecule has 2 heterocycles. The fraction of sp³-hybridized carbons (Fsp3) is 0.348. The van der Waals surface area contributed by atoms with Crippen LogP contribution in [0.2, 0.25) is 5.02 Å². The zero-order valence-corrected chi connectivity index (χ0v) is 18.7. The second-order valence-corrected chi connectivity index (χ2v) is 9.20. The zero-order valence-electron chi connectivity index (χ0n) is 18.0. The Bertz CT molecular complexity index is 1180. The van der Waals surface area contributed by atoms with Gasteiger partial charge >= 0.3 is 6.09 Å². The molecule has 0 unspecified atom stereocenters.